The number of Topliss-reactive ketones (excluding diaryl/α,β-unsaturated/α-hetero) is 1. The number of fused-ring (bicyclic) bond motifs is 3. The zero-order valence-corrected chi connectivity index (χ0v) is 12.1. The van der Waals surface area contributed by atoms with Gasteiger partial charge in [0.25, 0.3) is 0 Å². The summed E-state index contributed by atoms with van der Waals surface area (Å²) in [6.07, 6.45) is 0.303. The molecule has 4 rings (SSSR count). The Balaban J connectivity index is 1.69. The molecule has 0 saturated carbocycles. The van der Waals surface area contributed by atoms with Crippen LogP contribution in [0.2, 0.25) is 0 Å². The Morgan fingerprint density at radius 2 is 1.82 bits per heavy atom. The van der Waals surface area contributed by atoms with Crippen molar-refractivity contribution in [1.29, 1.82) is 0 Å². The zero-order chi connectivity index (χ0) is 14.9. The molecule has 0 amide bonds. The molecule has 108 valence electrons. The van der Waals surface area contributed by atoms with Crippen molar-refractivity contribution in [2.45, 2.75) is 6.42 Å². The summed E-state index contributed by atoms with van der Waals surface area (Å²) in [6, 6.07) is 17.3. The summed E-state index contributed by atoms with van der Waals surface area (Å²) in [4.78, 5) is 23.8. The number of aliphatic imine (C=N–C) groups is 2. The van der Waals surface area contributed by atoms with Crippen LogP contribution in [0.25, 0.3) is 0 Å². The SMILES string of the molecule is O=C(CC1=Nc2ccccc2C2=NCCN12)c1ccccc1. The molecule has 0 bridgehead atoms. The maximum absolute atomic E-state index is 12.5. The smallest absolute Gasteiger partial charge is 0.170 e. The van der Waals surface area contributed by atoms with E-state index >= 15 is 0 Å². The van der Waals surface area contributed by atoms with Gasteiger partial charge in [-0.05, 0) is 12.1 Å². The third-order valence-electron chi connectivity index (χ3n) is 3.96. The van der Waals surface area contributed by atoms with E-state index in [-0.39, 0.29) is 5.78 Å². The quantitative estimate of drug-likeness (QED) is 0.815. The van der Waals surface area contributed by atoms with Gasteiger partial charge in [0.05, 0.1) is 18.7 Å². The Morgan fingerprint density at radius 3 is 2.68 bits per heavy atom. The van der Waals surface area contributed by atoms with Crippen LogP contribution in [0, 0.1) is 0 Å². The van der Waals surface area contributed by atoms with Gasteiger partial charge in [0.15, 0.2) is 5.78 Å². The van der Waals surface area contributed by atoms with Crippen molar-refractivity contribution in [2.24, 2.45) is 9.98 Å². The largest absolute Gasteiger partial charge is 0.312 e. The number of para-hydroxylation sites is 1. The number of rotatable bonds is 3. The van der Waals surface area contributed by atoms with Gasteiger partial charge < -0.3 is 4.90 Å². The predicted molar refractivity (Wildman–Crippen MR) is 87.0 cm³/mol. The normalized spacial score (nSPS) is 15.7. The standard InChI is InChI=1S/C18H15N3O/c22-16(13-6-2-1-3-7-13)12-17-20-15-9-5-4-8-14(15)18-19-10-11-21(17)18/h1-9H,10-12H2. The van der Waals surface area contributed by atoms with Crippen LogP contribution in [0.15, 0.2) is 64.6 Å². The molecule has 0 radical (unpaired) electrons. The number of benzene rings is 2. The Kier molecular flexibility index (Phi) is 3.07. The third-order valence-corrected chi connectivity index (χ3v) is 3.96. The summed E-state index contributed by atoms with van der Waals surface area (Å²) in [6.45, 7) is 1.55. The fourth-order valence-corrected chi connectivity index (χ4v) is 2.89. The first-order valence-electron chi connectivity index (χ1n) is 7.40. The summed E-state index contributed by atoms with van der Waals surface area (Å²) in [5, 5.41) is 0. The van der Waals surface area contributed by atoms with Crippen molar-refractivity contribution >= 4 is 23.1 Å². The maximum Gasteiger partial charge on any atom is 0.170 e. The van der Waals surface area contributed by atoms with Crippen molar-refractivity contribution in [1.82, 2.24) is 4.90 Å². The molecule has 0 spiro atoms. The molecule has 0 atom stereocenters. The van der Waals surface area contributed by atoms with Crippen LogP contribution in [-0.4, -0.2) is 35.4 Å². The topological polar surface area (TPSA) is 45.0 Å². The lowest BCUT2D eigenvalue weighted by molar-refractivity contribution is 0.0998. The van der Waals surface area contributed by atoms with Gasteiger partial charge in [-0.1, -0.05) is 42.5 Å². The van der Waals surface area contributed by atoms with Crippen molar-refractivity contribution in [3.8, 4) is 0 Å². The van der Waals surface area contributed by atoms with E-state index in [1.54, 1.807) is 0 Å². The lowest BCUT2D eigenvalue weighted by atomic mass is 10.0. The summed E-state index contributed by atoms with van der Waals surface area (Å²) in [5.74, 6) is 1.83. The van der Waals surface area contributed by atoms with Crippen molar-refractivity contribution in [3.63, 3.8) is 0 Å². The summed E-state index contributed by atoms with van der Waals surface area (Å²) in [7, 11) is 0. The highest BCUT2D eigenvalue weighted by Gasteiger charge is 2.30. The minimum absolute atomic E-state index is 0.0879. The fraction of sp³-hybridized carbons (Fsp3) is 0.167. The molecule has 2 aromatic carbocycles. The molecule has 0 aliphatic carbocycles. The molecule has 2 heterocycles. The molecule has 2 aliphatic heterocycles. The highest BCUT2D eigenvalue weighted by Crippen LogP contribution is 2.29. The van der Waals surface area contributed by atoms with Crippen molar-refractivity contribution < 1.29 is 4.79 Å². The van der Waals surface area contributed by atoms with Gasteiger partial charge in [0.2, 0.25) is 0 Å². The first kappa shape index (κ1) is 13.0. The van der Waals surface area contributed by atoms with E-state index in [2.05, 4.69) is 9.89 Å². The Bertz CT molecular complexity index is 793. The molecule has 0 fully saturated rings. The van der Waals surface area contributed by atoms with Gasteiger partial charge in [-0.3, -0.25) is 9.79 Å². The van der Waals surface area contributed by atoms with E-state index in [1.165, 1.54) is 0 Å². The van der Waals surface area contributed by atoms with E-state index in [4.69, 9.17) is 4.99 Å². The lowest BCUT2D eigenvalue weighted by Crippen LogP contribution is -2.38. The molecule has 2 aromatic rings. The van der Waals surface area contributed by atoms with E-state index in [0.717, 1.165) is 41.6 Å². The highest BCUT2D eigenvalue weighted by atomic mass is 16.1. The molecule has 0 N–H and O–H groups in total. The van der Waals surface area contributed by atoms with Crippen molar-refractivity contribution in [3.05, 3.63) is 65.7 Å². The van der Waals surface area contributed by atoms with Gasteiger partial charge in [-0.2, -0.15) is 0 Å². The average Bonchev–Trinajstić information content (AvgIpc) is 3.06. The van der Waals surface area contributed by atoms with Gasteiger partial charge in [0, 0.05) is 17.7 Å². The maximum atomic E-state index is 12.5. The highest BCUT2D eigenvalue weighted by molar-refractivity contribution is 6.20. The Morgan fingerprint density at radius 1 is 1.05 bits per heavy atom. The predicted octanol–water partition coefficient (Wildman–Crippen LogP) is 3.07. The first-order valence-corrected chi connectivity index (χ1v) is 7.40. The molecule has 0 saturated heterocycles. The van der Waals surface area contributed by atoms with E-state index in [9.17, 15) is 4.79 Å². The molecule has 2 aliphatic rings. The monoisotopic (exact) mass is 289 g/mol. The molecule has 22 heavy (non-hydrogen) atoms. The van der Waals surface area contributed by atoms with Gasteiger partial charge in [-0.25, -0.2) is 4.99 Å². The number of carbonyl (C=O) groups excluding carboxylic acids is 1. The molecule has 4 heteroatoms. The van der Waals surface area contributed by atoms with Crippen molar-refractivity contribution in [2.75, 3.05) is 13.1 Å². The molecular formula is C18H15N3O. The molecular weight excluding hydrogens is 274 g/mol. The lowest BCUT2D eigenvalue weighted by Gasteiger charge is -2.27. The number of ketones is 1. The van der Waals surface area contributed by atoms with E-state index < -0.39 is 0 Å². The number of amidine groups is 2. The van der Waals surface area contributed by atoms with Gasteiger partial charge in [-0.15, -0.1) is 0 Å². The van der Waals surface area contributed by atoms with Crippen LogP contribution >= 0.6 is 0 Å². The first-order chi connectivity index (χ1) is 10.8. The second-order valence-corrected chi connectivity index (χ2v) is 5.37. The number of hydrogen-bond donors (Lipinski definition) is 0. The van der Waals surface area contributed by atoms with Gasteiger partial charge >= 0.3 is 0 Å². The summed E-state index contributed by atoms with van der Waals surface area (Å²) >= 11 is 0. The third kappa shape index (κ3) is 2.13. The number of hydrogen-bond acceptors (Lipinski definition) is 4. The second-order valence-electron chi connectivity index (χ2n) is 5.37. The van der Waals surface area contributed by atoms with Crippen LogP contribution in [-0.2, 0) is 0 Å². The number of carbonyl (C=O) groups is 1. The van der Waals surface area contributed by atoms with Crippen LogP contribution in [0.1, 0.15) is 22.3 Å². The minimum atomic E-state index is 0.0879. The second kappa shape index (κ2) is 5.22. The summed E-state index contributed by atoms with van der Waals surface area (Å²) < 4.78 is 0. The van der Waals surface area contributed by atoms with Gasteiger partial charge in [0.1, 0.15) is 11.7 Å². The Labute approximate surface area is 128 Å². The fourth-order valence-electron chi connectivity index (χ4n) is 2.89. The zero-order valence-electron chi connectivity index (χ0n) is 12.1. The molecule has 0 aromatic heterocycles. The summed E-state index contributed by atoms with van der Waals surface area (Å²) in [5.41, 5.74) is 2.67. The van der Waals surface area contributed by atoms with Crippen LogP contribution in [0.4, 0.5) is 5.69 Å². The van der Waals surface area contributed by atoms with Crippen LogP contribution in [0.3, 0.4) is 0 Å². The molecule has 4 nitrogen and oxygen atoms in total. The minimum Gasteiger partial charge on any atom is -0.312 e. The van der Waals surface area contributed by atoms with E-state index in [1.807, 2.05) is 54.6 Å². The van der Waals surface area contributed by atoms with E-state index in [0.29, 0.717) is 6.42 Å². The Hall–Kier alpha value is -2.75. The molecule has 0 unspecified atom stereocenters. The number of nitrogens with zero attached hydrogens (tertiary/aromatic N) is 3. The van der Waals surface area contributed by atoms with Crippen LogP contribution < -0.4 is 0 Å². The van der Waals surface area contributed by atoms with Crippen LogP contribution in [0.5, 0.6) is 0 Å². The average molecular weight is 289 g/mol.